The molecule has 0 fully saturated rings. The molecular formula is C26H23ClN4O3S. The molecule has 0 bridgehead atoms. The highest BCUT2D eigenvalue weighted by atomic mass is 35.5. The molecule has 35 heavy (non-hydrogen) atoms. The van der Waals surface area contributed by atoms with Crippen molar-refractivity contribution in [2.24, 2.45) is 4.99 Å². The smallest absolute Gasteiger partial charge is 0.271 e. The minimum atomic E-state index is -0.689. The lowest BCUT2D eigenvalue weighted by atomic mass is 9.94. The number of nitrogens with zero attached hydrogens (tertiary/aromatic N) is 3. The normalized spacial score (nSPS) is 18.1. The maximum absolute atomic E-state index is 13.9. The van der Waals surface area contributed by atoms with Crippen molar-refractivity contribution in [1.29, 1.82) is 0 Å². The first-order valence-corrected chi connectivity index (χ1v) is 12.6. The first kappa shape index (κ1) is 23.3. The number of likely N-dealkylation sites (N-methyl/N-ethyl adjacent to an activating group) is 1. The van der Waals surface area contributed by atoms with Gasteiger partial charge in [0.1, 0.15) is 4.53 Å². The molecule has 1 N–H and O–H groups in total. The van der Waals surface area contributed by atoms with Gasteiger partial charge in [-0.3, -0.25) is 19.0 Å². The first-order valence-electron chi connectivity index (χ1n) is 11.4. The van der Waals surface area contributed by atoms with Gasteiger partial charge in [0.25, 0.3) is 17.4 Å². The summed E-state index contributed by atoms with van der Waals surface area (Å²) < 4.78 is 1.84. The van der Waals surface area contributed by atoms with Crippen LogP contribution in [-0.4, -0.2) is 34.4 Å². The highest BCUT2D eigenvalue weighted by Gasteiger charge is 2.35. The number of fused-ring (bicyclic) bond motifs is 2. The molecule has 178 valence electrons. The summed E-state index contributed by atoms with van der Waals surface area (Å²) in [4.78, 5) is 47.3. The van der Waals surface area contributed by atoms with E-state index in [4.69, 9.17) is 11.6 Å². The fraction of sp³-hybridized carbons (Fsp3) is 0.231. The second kappa shape index (κ2) is 8.94. The zero-order valence-corrected chi connectivity index (χ0v) is 21.0. The van der Waals surface area contributed by atoms with E-state index in [1.54, 1.807) is 30.0 Å². The van der Waals surface area contributed by atoms with Crippen LogP contribution in [0.4, 0.5) is 5.69 Å². The number of amides is 2. The summed E-state index contributed by atoms with van der Waals surface area (Å²) in [5, 5.41) is 3.39. The van der Waals surface area contributed by atoms with E-state index in [1.165, 1.54) is 15.9 Å². The quantitative estimate of drug-likeness (QED) is 0.590. The molecule has 2 aliphatic heterocycles. The molecule has 0 spiro atoms. The number of benzene rings is 2. The molecule has 9 heteroatoms. The summed E-state index contributed by atoms with van der Waals surface area (Å²) in [5.74, 6) is -0.493. The lowest BCUT2D eigenvalue weighted by Crippen LogP contribution is -2.43. The lowest BCUT2D eigenvalue weighted by Gasteiger charge is -2.29. The van der Waals surface area contributed by atoms with E-state index in [1.807, 2.05) is 44.2 Å². The standard InChI is InChI=1S/C26H23ClN4O3S/c1-4-30(5-2)24(33)19-14(3)28-26-31(21(19)15-10-12-16(27)13-11-15)25(34)22(35-26)20-17-8-6-7-9-18(17)29-23(20)32/h6-13,21H,4-5H2,1-3H3,(H,29,32)/b22-20-/t21-/m1/s1. The van der Waals surface area contributed by atoms with Crippen molar-refractivity contribution in [3.63, 3.8) is 0 Å². The number of rotatable bonds is 4. The maximum atomic E-state index is 13.9. The van der Waals surface area contributed by atoms with Gasteiger partial charge in [0.2, 0.25) is 0 Å². The van der Waals surface area contributed by atoms with Gasteiger partial charge in [0.15, 0.2) is 4.80 Å². The summed E-state index contributed by atoms with van der Waals surface area (Å²) in [6.07, 6.45) is 0. The Kier molecular flexibility index (Phi) is 5.94. The molecule has 5 rings (SSSR count). The van der Waals surface area contributed by atoms with Crippen molar-refractivity contribution in [1.82, 2.24) is 9.47 Å². The van der Waals surface area contributed by atoms with Crippen molar-refractivity contribution in [2.75, 3.05) is 18.4 Å². The predicted octanol–water partition coefficient (Wildman–Crippen LogP) is 3.08. The molecule has 3 heterocycles. The summed E-state index contributed by atoms with van der Waals surface area (Å²) in [6, 6.07) is 13.7. The minimum absolute atomic E-state index is 0.168. The largest absolute Gasteiger partial charge is 0.339 e. The molecule has 1 atom stereocenters. The van der Waals surface area contributed by atoms with Gasteiger partial charge in [0.05, 0.1) is 22.9 Å². The Balaban J connectivity index is 1.81. The maximum Gasteiger partial charge on any atom is 0.271 e. The molecule has 7 nitrogen and oxygen atoms in total. The third-order valence-corrected chi connectivity index (χ3v) is 7.67. The van der Waals surface area contributed by atoms with Gasteiger partial charge in [0, 0.05) is 29.4 Å². The molecule has 0 unspecified atom stereocenters. The van der Waals surface area contributed by atoms with Gasteiger partial charge < -0.3 is 10.2 Å². The highest BCUT2D eigenvalue weighted by Crippen LogP contribution is 2.33. The molecule has 1 aromatic heterocycles. The molecule has 2 amide bonds. The fourth-order valence-electron chi connectivity index (χ4n) is 4.63. The fourth-order valence-corrected chi connectivity index (χ4v) is 5.90. The second-order valence-corrected chi connectivity index (χ2v) is 9.72. The predicted molar refractivity (Wildman–Crippen MR) is 137 cm³/mol. The van der Waals surface area contributed by atoms with Gasteiger partial charge in [-0.1, -0.05) is 53.3 Å². The average molecular weight is 507 g/mol. The highest BCUT2D eigenvalue weighted by molar-refractivity contribution is 7.07. The number of hydrogen-bond donors (Lipinski definition) is 1. The number of hydrogen-bond acceptors (Lipinski definition) is 5. The van der Waals surface area contributed by atoms with Crippen molar-refractivity contribution in [2.45, 2.75) is 26.8 Å². The van der Waals surface area contributed by atoms with Crippen molar-refractivity contribution < 1.29 is 9.59 Å². The van der Waals surface area contributed by atoms with Crippen LogP contribution < -0.4 is 20.2 Å². The molecule has 0 radical (unpaired) electrons. The van der Waals surface area contributed by atoms with Crippen LogP contribution in [-0.2, 0) is 9.59 Å². The third-order valence-electron chi connectivity index (χ3n) is 6.36. The Morgan fingerprint density at radius 1 is 1.11 bits per heavy atom. The van der Waals surface area contributed by atoms with Crippen molar-refractivity contribution in [3.8, 4) is 0 Å². The van der Waals surface area contributed by atoms with Gasteiger partial charge in [-0.2, -0.15) is 0 Å². The zero-order chi connectivity index (χ0) is 24.9. The minimum Gasteiger partial charge on any atom is -0.339 e. The average Bonchev–Trinajstić information content (AvgIpc) is 3.34. The second-order valence-electron chi connectivity index (χ2n) is 8.31. The van der Waals surface area contributed by atoms with Gasteiger partial charge in [-0.05, 0) is 44.5 Å². The van der Waals surface area contributed by atoms with Crippen LogP contribution in [0.1, 0.15) is 37.9 Å². The van der Waals surface area contributed by atoms with Crippen molar-refractivity contribution in [3.05, 3.63) is 95.6 Å². The van der Waals surface area contributed by atoms with E-state index >= 15 is 0 Å². The van der Waals surface area contributed by atoms with E-state index in [2.05, 4.69) is 10.3 Å². The van der Waals surface area contributed by atoms with Gasteiger partial charge in [-0.25, -0.2) is 4.99 Å². The number of aromatic nitrogens is 1. The van der Waals surface area contributed by atoms with Crippen LogP contribution in [0.25, 0.3) is 5.57 Å². The SMILES string of the molecule is CCN(CC)C(=O)C1=C(C)N=c2s/c(=C3\C(=O)Nc4ccccc43)c(=O)n2[C@@H]1c1ccc(Cl)cc1. The van der Waals surface area contributed by atoms with E-state index in [9.17, 15) is 14.4 Å². The van der Waals surface area contributed by atoms with E-state index in [-0.39, 0.29) is 17.4 Å². The van der Waals surface area contributed by atoms with Crippen molar-refractivity contribution >= 4 is 46.0 Å². The monoisotopic (exact) mass is 506 g/mol. The van der Waals surface area contributed by atoms with Gasteiger partial charge in [-0.15, -0.1) is 0 Å². The number of para-hydroxylation sites is 1. The Hall–Kier alpha value is -3.49. The Morgan fingerprint density at radius 2 is 1.80 bits per heavy atom. The van der Waals surface area contributed by atoms with Crippen LogP contribution in [0.2, 0.25) is 5.02 Å². The summed E-state index contributed by atoms with van der Waals surface area (Å²) in [7, 11) is 0. The number of carbonyl (C=O) groups is 2. The Morgan fingerprint density at radius 3 is 2.49 bits per heavy atom. The van der Waals surface area contributed by atoms with Crippen LogP contribution in [0, 0.1) is 0 Å². The number of anilines is 1. The van der Waals surface area contributed by atoms with E-state index in [0.717, 1.165) is 5.56 Å². The molecule has 0 saturated carbocycles. The lowest BCUT2D eigenvalue weighted by molar-refractivity contribution is -0.127. The number of thiazole rings is 1. The summed E-state index contributed by atoms with van der Waals surface area (Å²) >= 11 is 7.31. The number of halogens is 1. The number of nitrogens with one attached hydrogen (secondary N) is 1. The van der Waals surface area contributed by atoms with E-state index in [0.29, 0.717) is 55.5 Å². The topological polar surface area (TPSA) is 83.8 Å². The molecule has 0 saturated heterocycles. The molecule has 2 aromatic carbocycles. The Labute approximate surface area is 210 Å². The van der Waals surface area contributed by atoms with Gasteiger partial charge >= 0.3 is 0 Å². The van der Waals surface area contributed by atoms with Crippen LogP contribution in [0.5, 0.6) is 0 Å². The van der Waals surface area contributed by atoms with Crippen LogP contribution in [0.15, 0.2) is 69.6 Å². The molecular weight excluding hydrogens is 484 g/mol. The zero-order valence-electron chi connectivity index (χ0n) is 19.5. The van der Waals surface area contributed by atoms with Crippen LogP contribution >= 0.6 is 22.9 Å². The Bertz CT molecular complexity index is 1580. The van der Waals surface area contributed by atoms with Crippen LogP contribution in [0.3, 0.4) is 0 Å². The molecule has 3 aromatic rings. The summed E-state index contributed by atoms with van der Waals surface area (Å²) in [5.41, 5.74) is 3.06. The molecule has 2 aliphatic rings. The third kappa shape index (κ3) is 3.73. The number of carbonyl (C=O) groups excluding carboxylic acids is 2. The number of allylic oxidation sites excluding steroid dienone is 1. The summed E-state index contributed by atoms with van der Waals surface area (Å²) in [6.45, 7) is 6.69. The molecule has 0 aliphatic carbocycles. The van der Waals surface area contributed by atoms with E-state index < -0.39 is 6.04 Å². The first-order chi connectivity index (χ1) is 16.8.